The summed E-state index contributed by atoms with van der Waals surface area (Å²) in [5.41, 5.74) is 1.95. The summed E-state index contributed by atoms with van der Waals surface area (Å²) in [4.78, 5) is 14.5. The molecule has 0 bridgehead atoms. The molecule has 1 heterocycles. The number of benzene rings is 2. The summed E-state index contributed by atoms with van der Waals surface area (Å²) in [6.07, 6.45) is -0.421. The number of nitrogens with zero attached hydrogens (tertiary/aromatic N) is 1. The van der Waals surface area contributed by atoms with Crippen LogP contribution in [0.15, 0.2) is 24.3 Å². The minimum absolute atomic E-state index is 0.0476. The van der Waals surface area contributed by atoms with Crippen LogP contribution in [0.4, 0.5) is 10.5 Å². The summed E-state index contributed by atoms with van der Waals surface area (Å²) in [6, 6.07) is 7.87. The van der Waals surface area contributed by atoms with Crippen molar-refractivity contribution in [2.45, 2.75) is 39.2 Å². The van der Waals surface area contributed by atoms with Crippen molar-refractivity contribution in [1.29, 1.82) is 0 Å². The minimum atomic E-state index is -0.602. The number of methoxy groups -OCH3 is 1. The van der Waals surface area contributed by atoms with E-state index in [1.807, 2.05) is 52.0 Å². The first-order chi connectivity index (χ1) is 12.8. The lowest BCUT2D eigenvalue weighted by molar-refractivity contribution is 0.0517. The van der Waals surface area contributed by atoms with Crippen molar-refractivity contribution in [3.05, 3.63) is 35.4 Å². The first kappa shape index (κ1) is 19.5. The molecule has 0 fully saturated rings. The highest BCUT2D eigenvalue weighted by Gasteiger charge is 2.38. The summed E-state index contributed by atoms with van der Waals surface area (Å²) >= 11 is 0. The van der Waals surface area contributed by atoms with Crippen LogP contribution in [-0.2, 0) is 9.47 Å². The smallest absolute Gasteiger partial charge is 0.414 e. The molecule has 1 N–H and O–H groups in total. The number of aliphatic hydroxyl groups excluding tert-OH is 1. The van der Waals surface area contributed by atoms with E-state index in [-0.39, 0.29) is 19.3 Å². The number of hydrogen-bond acceptors (Lipinski definition) is 5. The van der Waals surface area contributed by atoms with Crippen molar-refractivity contribution in [2.75, 3.05) is 32.0 Å². The predicted molar refractivity (Wildman–Crippen MR) is 105 cm³/mol. The van der Waals surface area contributed by atoms with Gasteiger partial charge in [0.15, 0.2) is 6.79 Å². The molecule has 3 rings (SSSR count). The van der Waals surface area contributed by atoms with Gasteiger partial charge in [0.25, 0.3) is 0 Å². The predicted octanol–water partition coefficient (Wildman–Crippen LogP) is 3.96. The fourth-order valence-corrected chi connectivity index (χ4v) is 3.65. The Morgan fingerprint density at radius 1 is 1.26 bits per heavy atom. The van der Waals surface area contributed by atoms with Crippen LogP contribution in [0.2, 0.25) is 0 Å². The first-order valence-electron chi connectivity index (χ1n) is 9.06. The van der Waals surface area contributed by atoms with Gasteiger partial charge < -0.3 is 19.3 Å². The number of amides is 1. The zero-order valence-corrected chi connectivity index (χ0v) is 16.5. The van der Waals surface area contributed by atoms with E-state index >= 15 is 0 Å². The van der Waals surface area contributed by atoms with Gasteiger partial charge in [0, 0.05) is 30.5 Å². The number of rotatable bonds is 4. The van der Waals surface area contributed by atoms with Gasteiger partial charge in [0.05, 0.1) is 12.3 Å². The zero-order valence-electron chi connectivity index (χ0n) is 16.5. The quantitative estimate of drug-likeness (QED) is 0.822. The fraction of sp³-hybridized carbons (Fsp3) is 0.476. The first-order valence-corrected chi connectivity index (χ1v) is 9.06. The van der Waals surface area contributed by atoms with Crippen molar-refractivity contribution >= 4 is 22.6 Å². The lowest BCUT2D eigenvalue weighted by Crippen LogP contribution is -2.36. The summed E-state index contributed by atoms with van der Waals surface area (Å²) in [5, 5.41) is 11.9. The van der Waals surface area contributed by atoms with Crippen LogP contribution in [0, 0.1) is 6.92 Å². The van der Waals surface area contributed by atoms with E-state index in [0.717, 1.165) is 27.6 Å². The molecule has 0 saturated carbocycles. The SMILES string of the molecule is COCOc1c(C)c2c(c3ccccc13)[C@H](CO)CN2C(=O)OC(C)(C)C. The summed E-state index contributed by atoms with van der Waals surface area (Å²) in [7, 11) is 1.57. The monoisotopic (exact) mass is 373 g/mol. The standard InChI is InChI=1S/C21H27NO5/c1-13-18-17(14(11-23)10-22(18)20(24)27-21(2,3)4)15-8-6-7-9-16(15)19(13)26-12-25-5/h6-9,14,23H,10-12H2,1-5H3/t14-/m0/s1. The Balaban J connectivity index is 2.21. The van der Waals surface area contributed by atoms with Gasteiger partial charge >= 0.3 is 6.09 Å². The number of carbonyl (C=O) groups is 1. The van der Waals surface area contributed by atoms with E-state index in [1.165, 1.54) is 0 Å². The maximum absolute atomic E-state index is 12.9. The van der Waals surface area contributed by atoms with E-state index in [1.54, 1.807) is 12.0 Å². The molecule has 0 radical (unpaired) electrons. The van der Waals surface area contributed by atoms with Crippen LogP contribution in [0.25, 0.3) is 10.8 Å². The molecule has 0 aliphatic carbocycles. The Morgan fingerprint density at radius 3 is 2.52 bits per heavy atom. The number of hydrogen-bond donors (Lipinski definition) is 1. The topological polar surface area (TPSA) is 68.2 Å². The Labute approximate surface area is 159 Å². The van der Waals surface area contributed by atoms with Gasteiger partial charge in [-0.1, -0.05) is 24.3 Å². The molecule has 0 aromatic heterocycles. The average molecular weight is 373 g/mol. The molecular weight excluding hydrogens is 346 g/mol. The van der Waals surface area contributed by atoms with E-state index in [4.69, 9.17) is 14.2 Å². The van der Waals surface area contributed by atoms with Crippen LogP contribution in [0.5, 0.6) is 5.75 Å². The third kappa shape index (κ3) is 3.59. The van der Waals surface area contributed by atoms with E-state index in [2.05, 4.69) is 0 Å². The molecule has 0 unspecified atom stereocenters. The van der Waals surface area contributed by atoms with Crippen molar-refractivity contribution in [3.8, 4) is 5.75 Å². The maximum Gasteiger partial charge on any atom is 0.414 e. The number of aliphatic hydroxyl groups is 1. The lowest BCUT2D eigenvalue weighted by Gasteiger charge is -2.26. The minimum Gasteiger partial charge on any atom is -0.467 e. The molecule has 6 heteroatoms. The van der Waals surface area contributed by atoms with Crippen molar-refractivity contribution in [1.82, 2.24) is 0 Å². The Morgan fingerprint density at radius 2 is 1.93 bits per heavy atom. The molecule has 1 amide bonds. The number of anilines is 1. The maximum atomic E-state index is 12.9. The zero-order chi connectivity index (χ0) is 19.8. The second-order valence-corrected chi connectivity index (χ2v) is 7.78. The third-order valence-corrected chi connectivity index (χ3v) is 4.65. The highest BCUT2D eigenvalue weighted by atomic mass is 16.7. The molecule has 27 heavy (non-hydrogen) atoms. The summed E-state index contributed by atoms with van der Waals surface area (Å²) in [5.74, 6) is 0.506. The Hall–Kier alpha value is -2.31. The highest BCUT2D eigenvalue weighted by Crippen LogP contribution is 2.48. The largest absolute Gasteiger partial charge is 0.467 e. The Kier molecular flexibility index (Phi) is 5.31. The molecular formula is C21H27NO5. The molecule has 6 nitrogen and oxygen atoms in total. The van der Waals surface area contributed by atoms with Gasteiger partial charge in [0.1, 0.15) is 11.4 Å². The lowest BCUT2D eigenvalue weighted by atomic mass is 9.92. The van der Waals surface area contributed by atoms with E-state index < -0.39 is 11.7 Å². The molecule has 0 saturated heterocycles. The fourth-order valence-electron chi connectivity index (χ4n) is 3.65. The molecule has 2 aromatic rings. The van der Waals surface area contributed by atoms with Crippen LogP contribution in [0.1, 0.15) is 37.8 Å². The molecule has 2 aromatic carbocycles. The normalized spacial score (nSPS) is 16.5. The van der Waals surface area contributed by atoms with Crippen molar-refractivity contribution < 1.29 is 24.1 Å². The summed E-state index contributed by atoms with van der Waals surface area (Å²) in [6.45, 7) is 7.88. The van der Waals surface area contributed by atoms with E-state index in [9.17, 15) is 9.90 Å². The average Bonchev–Trinajstić information content (AvgIpc) is 3.00. The Bertz CT molecular complexity index is 856. The number of ether oxygens (including phenoxy) is 3. The van der Waals surface area contributed by atoms with Crippen LogP contribution in [-0.4, -0.2) is 43.9 Å². The van der Waals surface area contributed by atoms with Gasteiger partial charge in [-0.05, 0) is 38.6 Å². The summed E-state index contributed by atoms with van der Waals surface area (Å²) < 4.78 is 16.5. The van der Waals surface area contributed by atoms with Gasteiger partial charge in [-0.25, -0.2) is 4.79 Å². The van der Waals surface area contributed by atoms with Gasteiger partial charge in [-0.2, -0.15) is 0 Å². The van der Waals surface area contributed by atoms with Crippen LogP contribution < -0.4 is 9.64 Å². The molecule has 146 valence electrons. The molecule has 1 aliphatic rings. The second-order valence-electron chi connectivity index (χ2n) is 7.78. The van der Waals surface area contributed by atoms with Gasteiger partial charge in [-0.3, -0.25) is 4.90 Å². The van der Waals surface area contributed by atoms with Gasteiger partial charge in [0.2, 0.25) is 0 Å². The van der Waals surface area contributed by atoms with Gasteiger partial charge in [-0.15, -0.1) is 0 Å². The highest BCUT2D eigenvalue weighted by molar-refractivity contribution is 6.03. The van der Waals surface area contributed by atoms with Crippen molar-refractivity contribution in [2.24, 2.45) is 0 Å². The molecule has 0 spiro atoms. The second kappa shape index (κ2) is 7.37. The van der Waals surface area contributed by atoms with Crippen LogP contribution >= 0.6 is 0 Å². The molecule has 1 aliphatic heterocycles. The third-order valence-electron chi connectivity index (χ3n) is 4.65. The number of carbonyl (C=O) groups excluding carboxylic acids is 1. The number of fused-ring (bicyclic) bond motifs is 3. The van der Waals surface area contributed by atoms with Crippen molar-refractivity contribution in [3.63, 3.8) is 0 Å². The molecule has 1 atom stereocenters. The van der Waals surface area contributed by atoms with E-state index in [0.29, 0.717) is 12.3 Å². The van der Waals surface area contributed by atoms with Crippen LogP contribution in [0.3, 0.4) is 0 Å².